The molecule has 1 atom stereocenters. The molecule has 2 heteroatoms. The molecule has 1 aromatic rings. The monoisotopic (exact) mass is 292 g/mol. The molecule has 0 aliphatic rings. The maximum atomic E-state index is 6.40. The number of aryl methyl sites for hydroxylation is 1. The Balaban J connectivity index is 3.15. The molecule has 0 amide bonds. The van der Waals surface area contributed by atoms with Gasteiger partial charge in [0.25, 0.3) is 0 Å². The van der Waals surface area contributed by atoms with E-state index in [-0.39, 0.29) is 0 Å². The molecule has 0 aromatic heterocycles. The first-order valence-corrected chi connectivity index (χ1v) is 7.78. The first-order chi connectivity index (χ1) is 9.52. The van der Waals surface area contributed by atoms with Crippen LogP contribution >= 0.6 is 11.6 Å². The molecule has 1 aromatic carbocycles. The zero-order valence-corrected chi connectivity index (χ0v) is 14.0. The van der Waals surface area contributed by atoms with Crippen LogP contribution in [0.3, 0.4) is 0 Å². The highest BCUT2D eigenvalue weighted by Crippen LogP contribution is 2.37. The van der Waals surface area contributed by atoms with Gasteiger partial charge < -0.3 is 4.74 Å². The van der Waals surface area contributed by atoms with Crippen LogP contribution in [0.5, 0.6) is 5.75 Å². The summed E-state index contributed by atoms with van der Waals surface area (Å²) in [5.41, 5.74) is 3.41. The van der Waals surface area contributed by atoms with Crippen molar-refractivity contribution >= 4 is 11.6 Å². The Bertz CT molecular complexity index is 508. The van der Waals surface area contributed by atoms with E-state index in [4.69, 9.17) is 16.3 Å². The van der Waals surface area contributed by atoms with Crippen molar-refractivity contribution in [2.75, 3.05) is 6.61 Å². The standard InChI is InChI=1S/C18H25ClO/c1-6-8-9-10-13(3)17-15(5)18(19)14(4)12-16(17)20-11-7-2/h12-13H,6-7,10-11H2,1-5H3. The molecule has 0 radical (unpaired) electrons. The lowest BCUT2D eigenvalue weighted by Crippen LogP contribution is -2.05. The van der Waals surface area contributed by atoms with Crippen molar-refractivity contribution in [3.05, 3.63) is 27.8 Å². The predicted octanol–water partition coefficient (Wildman–Crippen LogP) is 5.65. The third-order valence-corrected chi connectivity index (χ3v) is 3.94. The van der Waals surface area contributed by atoms with Crippen LogP contribution in [0.4, 0.5) is 0 Å². The number of benzene rings is 1. The largest absolute Gasteiger partial charge is 0.493 e. The van der Waals surface area contributed by atoms with Crippen molar-refractivity contribution in [2.24, 2.45) is 0 Å². The third-order valence-electron chi connectivity index (χ3n) is 3.36. The predicted molar refractivity (Wildman–Crippen MR) is 87.8 cm³/mol. The van der Waals surface area contributed by atoms with Gasteiger partial charge >= 0.3 is 0 Å². The molecule has 0 bridgehead atoms. The van der Waals surface area contributed by atoms with E-state index in [1.165, 1.54) is 5.56 Å². The van der Waals surface area contributed by atoms with Gasteiger partial charge in [-0.15, -0.1) is 11.8 Å². The van der Waals surface area contributed by atoms with E-state index in [1.54, 1.807) is 0 Å². The van der Waals surface area contributed by atoms with Crippen LogP contribution in [0.2, 0.25) is 5.02 Å². The molecule has 0 aliphatic heterocycles. The average molecular weight is 293 g/mol. The second kappa shape index (κ2) is 8.22. The molecular formula is C18H25ClO. The van der Waals surface area contributed by atoms with E-state index >= 15 is 0 Å². The minimum Gasteiger partial charge on any atom is -0.493 e. The number of hydrogen-bond acceptors (Lipinski definition) is 1. The lowest BCUT2D eigenvalue weighted by molar-refractivity contribution is 0.312. The van der Waals surface area contributed by atoms with E-state index in [9.17, 15) is 0 Å². The smallest absolute Gasteiger partial charge is 0.123 e. The fourth-order valence-electron chi connectivity index (χ4n) is 2.33. The van der Waals surface area contributed by atoms with E-state index in [0.717, 1.165) is 47.8 Å². The van der Waals surface area contributed by atoms with Gasteiger partial charge in [-0.25, -0.2) is 0 Å². The summed E-state index contributed by atoms with van der Waals surface area (Å²) in [7, 11) is 0. The van der Waals surface area contributed by atoms with E-state index in [1.807, 2.05) is 6.92 Å². The Morgan fingerprint density at radius 3 is 2.55 bits per heavy atom. The van der Waals surface area contributed by atoms with Gasteiger partial charge in [0.15, 0.2) is 0 Å². The van der Waals surface area contributed by atoms with E-state index in [0.29, 0.717) is 5.92 Å². The molecule has 20 heavy (non-hydrogen) atoms. The zero-order valence-electron chi connectivity index (χ0n) is 13.3. The summed E-state index contributed by atoms with van der Waals surface area (Å²) in [4.78, 5) is 0. The molecule has 1 nitrogen and oxygen atoms in total. The van der Waals surface area contributed by atoms with Crippen molar-refractivity contribution in [3.63, 3.8) is 0 Å². The van der Waals surface area contributed by atoms with Crippen molar-refractivity contribution in [1.82, 2.24) is 0 Å². The Labute approximate surface area is 128 Å². The second-order valence-electron chi connectivity index (χ2n) is 5.20. The summed E-state index contributed by atoms with van der Waals surface area (Å²) < 4.78 is 5.92. The lowest BCUT2D eigenvalue weighted by Gasteiger charge is -2.20. The Morgan fingerprint density at radius 2 is 1.95 bits per heavy atom. The fraction of sp³-hybridized carbons (Fsp3) is 0.556. The highest BCUT2D eigenvalue weighted by Gasteiger charge is 2.18. The van der Waals surface area contributed by atoms with Crippen molar-refractivity contribution in [1.29, 1.82) is 0 Å². The van der Waals surface area contributed by atoms with Gasteiger partial charge in [-0.1, -0.05) is 32.4 Å². The minimum atomic E-state index is 0.332. The molecule has 0 heterocycles. The molecular weight excluding hydrogens is 268 g/mol. The van der Waals surface area contributed by atoms with Crippen LogP contribution in [0, 0.1) is 25.7 Å². The summed E-state index contributed by atoms with van der Waals surface area (Å²) >= 11 is 6.40. The molecule has 110 valence electrons. The Kier molecular flexibility index (Phi) is 6.96. The van der Waals surface area contributed by atoms with Crippen LogP contribution in [0.25, 0.3) is 0 Å². The van der Waals surface area contributed by atoms with Crippen LogP contribution in [0.1, 0.15) is 62.6 Å². The highest BCUT2D eigenvalue weighted by molar-refractivity contribution is 6.32. The number of hydrogen-bond donors (Lipinski definition) is 0. The number of ether oxygens (including phenoxy) is 1. The molecule has 0 saturated heterocycles. The quantitative estimate of drug-likeness (QED) is 0.637. The highest BCUT2D eigenvalue weighted by atomic mass is 35.5. The van der Waals surface area contributed by atoms with Crippen LogP contribution < -0.4 is 4.74 Å². The molecule has 1 unspecified atom stereocenters. The van der Waals surface area contributed by atoms with Gasteiger partial charge in [0.2, 0.25) is 0 Å². The Morgan fingerprint density at radius 1 is 1.25 bits per heavy atom. The molecule has 0 N–H and O–H groups in total. The SMILES string of the molecule is CCC#CCC(C)c1c(OCCC)cc(C)c(Cl)c1C. The summed E-state index contributed by atoms with van der Waals surface area (Å²) in [5, 5.41) is 0.846. The van der Waals surface area contributed by atoms with Gasteiger partial charge in [0.05, 0.1) is 6.61 Å². The molecule has 0 saturated carbocycles. The lowest BCUT2D eigenvalue weighted by atomic mass is 9.91. The van der Waals surface area contributed by atoms with Gasteiger partial charge in [0, 0.05) is 23.4 Å². The van der Waals surface area contributed by atoms with Crippen molar-refractivity contribution in [2.45, 2.75) is 59.8 Å². The van der Waals surface area contributed by atoms with Crippen LogP contribution in [0.15, 0.2) is 6.07 Å². The van der Waals surface area contributed by atoms with Crippen LogP contribution in [-0.4, -0.2) is 6.61 Å². The Hall–Kier alpha value is -1.13. The first kappa shape index (κ1) is 16.9. The third kappa shape index (κ3) is 4.18. The maximum absolute atomic E-state index is 6.40. The van der Waals surface area contributed by atoms with Gasteiger partial charge in [-0.05, 0) is 43.4 Å². The van der Waals surface area contributed by atoms with Gasteiger partial charge in [-0.3, -0.25) is 0 Å². The summed E-state index contributed by atoms with van der Waals surface area (Å²) in [6.45, 7) is 11.2. The average Bonchev–Trinajstić information content (AvgIpc) is 2.42. The van der Waals surface area contributed by atoms with Crippen LogP contribution in [-0.2, 0) is 0 Å². The number of halogens is 1. The second-order valence-corrected chi connectivity index (χ2v) is 5.58. The molecule has 0 spiro atoms. The van der Waals surface area contributed by atoms with Gasteiger partial charge in [-0.2, -0.15) is 0 Å². The first-order valence-electron chi connectivity index (χ1n) is 7.40. The normalized spacial score (nSPS) is 11.7. The van der Waals surface area contributed by atoms with E-state index in [2.05, 4.69) is 45.6 Å². The van der Waals surface area contributed by atoms with Crippen molar-refractivity contribution < 1.29 is 4.74 Å². The molecule has 0 aliphatic carbocycles. The zero-order chi connectivity index (χ0) is 15.1. The number of rotatable bonds is 5. The van der Waals surface area contributed by atoms with Crippen molar-refractivity contribution in [3.8, 4) is 17.6 Å². The summed E-state index contributed by atoms with van der Waals surface area (Å²) in [6.07, 6.45) is 2.75. The summed E-state index contributed by atoms with van der Waals surface area (Å²) in [6, 6.07) is 2.06. The topological polar surface area (TPSA) is 9.23 Å². The summed E-state index contributed by atoms with van der Waals surface area (Å²) in [5.74, 6) is 7.66. The fourth-order valence-corrected chi connectivity index (χ4v) is 2.49. The van der Waals surface area contributed by atoms with E-state index < -0.39 is 0 Å². The maximum Gasteiger partial charge on any atom is 0.123 e. The minimum absolute atomic E-state index is 0.332. The molecule has 0 fully saturated rings. The molecule has 1 rings (SSSR count). The van der Waals surface area contributed by atoms with Gasteiger partial charge in [0.1, 0.15) is 5.75 Å².